The summed E-state index contributed by atoms with van der Waals surface area (Å²) < 4.78 is 0.652. The van der Waals surface area contributed by atoms with E-state index in [4.69, 9.17) is 0 Å². The summed E-state index contributed by atoms with van der Waals surface area (Å²) >= 11 is 8.32. The maximum atomic E-state index is 13.6. The molecule has 1 fully saturated rings. The Labute approximate surface area is 207 Å². The number of nitrogens with one attached hydrogen (secondary N) is 1. The molecule has 1 amide bonds. The van der Waals surface area contributed by atoms with Crippen LogP contribution in [-0.4, -0.2) is 28.2 Å². The first-order valence-corrected chi connectivity index (χ1v) is 12.7. The van der Waals surface area contributed by atoms with Gasteiger partial charge in [0.05, 0.1) is 11.4 Å². The van der Waals surface area contributed by atoms with Crippen LogP contribution in [0.5, 0.6) is 0 Å². The number of carbonyl (C=O) groups is 2. The number of ketones is 1. The Morgan fingerprint density at radius 2 is 1.72 bits per heavy atom. The predicted octanol–water partition coefficient (Wildman–Crippen LogP) is 5.89. The fourth-order valence-electron chi connectivity index (χ4n) is 4.73. The largest absolute Gasteiger partial charge is 0.391 e. The van der Waals surface area contributed by atoms with E-state index in [-0.39, 0.29) is 17.6 Å². The van der Waals surface area contributed by atoms with Crippen molar-refractivity contribution in [2.24, 2.45) is 0 Å². The molecular formula is C25H19Br2NO3S. The summed E-state index contributed by atoms with van der Waals surface area (Å²) in [5.41, 5.74) is 3.06. The average Bonchev–Trinajstić information content (AvgIpc) is 3.08. The zero-order chi connectivity index (χ0) is 22.5. The molecule has 3 aromatic rings. The number of Topliss-reactive ketones (excluding diaryl/α,β-unsaturated/α-hetero) is 1. The number of carbonyl (C=O) groups excluding carboxylic acids is 2. The number of amides is 1. The Hall–Kier alpha value is -1.93. The van der Waals surface area contributed by atoms with E-state index in [1.807, 2.05) is 60.7 Å². The van der Waals surface area contributed by atoms with Crippen molar-refractivity contribution in [3.05, 3.63) is 98.4 Å². The molecule has 4 atom stereocenters. The van der Waals surface area contributed by atoms with Crippen LogP contribution in [0.2, 0.25) is 0 Å². The molecule has 2 aliphatic rings. The van der Waals surface area contributed by atoms with Crippen molar-refractivity contribution in [2.75, 3.05) is 5.32 Å². The van der Waals surface area contributed by atoms with E-state index in [0.29, 0.717) is 12.0 Å². The molecule has 32 heavy (non-hydrogen) atoms. The zero-order valence-electron chi connectivity index (χ0n) is 16.8. The fraction of sp³-hybridized carbons (Fsp3) is 0.200. The van der Waals surface area contributed by atoms with E-state index in [9.17, 15) is 14.7 Å². The molecule has 5 rings (SSSR count). The number of benzene rings is 3. The minimum Gasteiger partial charge on any atom is -0.391 e. The van der Waals surface area contributed by atoms with Gasteiger partial charge in [-0.2, -0.15) is 0 Å². The monoisotopic (exact) mass is 571 g/mol. The Balaban J connectivity index is 1.65. The van der Waals surface area contributed by atoms with Crippen molar-refractivity contribution in [1.29, 1.82) is 0 Å². The van der Waals surface area contributed by atoms with Crippen LogP contribution in [-0.2, 0) is 9.54 Å². The maximum absolute atomic E-state index is 13.6. The highest BCUT2D eigenvalue weighted by Gasteiger charge is 2.60. The normalized spacial score (nSPS) is 26.6. The van der Waals surface area contributed by atoms with Crippen molar-refractivity contribution in [3.8, 4) is 0 Å². The third-order valence-corrected chi connectivity index (χ3v) is 9.21. The molecule has 3 aromatic carbocycles. The molecule has 0 aromatic heterocycles. The van der Waals surface area contributed by atoms with Gasteiger partial charge in [0.25, 0.3) is 0 Å². The summed E-state index contributed by atoms with van der Waals surface area (Å²) in [5.74, 6) is -0.620. The van der Waals surface area contributed by atoms with Gasteiger partial charge in [0.2, 0.25) is 5.91 Å². The molecule has 0 bridgehead atoms. The second-order valence-electron chi connectivity index (χ2n) is 8.03. The fourth-order valence-corrected chi connectivity index (χ4v) is 7.61. The summed E-state index contributed by atoms with van der Waals surface area (Å²) in [5, 5.41) is 13.4. The van der Waals surface area contributed by atoms with Gasteiger partial charge in [0.1, 0.15) is 4.75 Å². The molecule has 2 N–H and O–H groups in total. The van der Waals surface area contributed by atoms with Crippen LogP contribution in [0, 0.1) is 0 Å². The summed E-state index contributed by atoms with van der Waals surface area (Å²) in [6.07, 6.45) is -0.579. The molecular weight excluding hydrogens is 554 g/mol. The number of aliphatic hydroxyl groups excluding tert-OH is 1. The lowest BCUT2D eigenvalue weighted by atomic mass is 9.76. The number of fused-ring (bicyclic) bond motifs is 2. The molecule has 2 heterocycles. The van der Waals surface area contributed by atoms with Gasteiger partial charge in [-0.1, -0.05) is 80.4 Å². The Morgan fingerprint density at radius 3 is 2.44 bits per heavy atom. The number of aliphatic hydroxyl groups is 1. The minimum absolute atomic E-state index is 0.154. The van der Waals surface area contributed by atoms with Crippen LogP contribution < -0.4 is 5.32 Å². The Kier molecular flexibility index (Phi) is 5.78. The van der Waals surface area contributed by atoms with Crippen LogP contribution in [0.15, 0.2) is 81.7 Å². The molecule has 1 saturated heterocycles. The van der Waals surface area contributed by atoms with Crippen molar-refractivity contribution in [1.82, 2.24) is 0 Å². The number of rotatable bonds is 3. The Morgan fingerprint density at radius 1 is 1.00 bits per heavy atom. The molecule has 162 valence electrons. The van der Waals surface area contributed by atoms with Gasteiger partial charge in [-0.3, -0.25) is 9.59 Å². The lowest BCUT2D eigenvalue weighted by Gasteiger charge is -2.45. The lowest BCUT2D eigenvalue weighted by Crippen LogP contribution is -2.49. The molecule has 7 heteroatoms. The molecule has 0 radical (unpaired) electrons. The van der Waals surface area contributed by atoms with Gasteiger partial charge in [-0.15, -0.1) is 11.8 Å². The van der Waals surface area contributed by atoms with Crippen LogP contribution in [0.3, 0.4) is 0 Å². The second-order valence-corrected chi connectivity index (χ2v) is 11.2. The summed E-state index contributed by atoms with van der Waals surface area (Å²) in [7, 11) is 0. The van der Waals surface area contributed by atoms with Crippen molar-refractivity contribution in [2.45, 2.75) is 28.4 Å². The van der Waals surface area contributed by atoms with E-state index in [0.717, 1.165) is 25.8 Å². The van der Waals surface area contributed by atoms with Crippen LogP contribution in [0.25, 0.3) is 0 Å². The summed E-state index contributed by atoms with van der Waals surface area (Å²) in [4.78, 5) is 27.1. The van der Waals surface area contributed by atoms with Crippen LogP contribution in [0.4, 0.5) is 5.69 Å². The van der Waals surface area contributed by atoms with Gasteiger partial charge < -0.3 is 10.4 Å². The number of hydrogen-bond donors (Lipinski definition) is 2. The summed E-state index contributed by atoms with van der Waals surface area (Å²) in [6, 6.07) is 22.6. The van der Waals surface area contributed by atoms with E-state index in [2.05, 4.69) is 37.2 Å². The van der Waals surface area contributed by atoms with Crippen LogP contribution in [0.1, 0.15) is 33.8 Å². The maximum Gasteiger partial charge on any atom is 0.245 e. The van der Waals surface area contributed by atoms with E-state index < -0.39 is 16.1 Å². The average molecular weight is 573 g/mol. The first kappa shape index (κ1) is 21.9. The minimum atomic E-state index is -1.04. The number of halogens is 2. The van der Waals surface area contributed by atoms with Gasteiger partial charge in [-0.05, 0) is 36.2 Å². The quantitative estimate of drug-likeness (QED) is 0.384. The number of thioether (sulfide) groups is 1. The first-order chi connectivity index (χ1) is 15.4. The van der Waals surface area contributed by atoms with Gasteiger partial charge in [0, 0.05) is 31.7 Å². The van der Waals surface area contributed by atoms with Crippen LogP contribution >= 0.6 is 43.6 Å². The first-order valence-electron chi connectivity index (χ1n) is 10.2. The van der Waals surface area contributed by atoms with Crippen molar-refractivity contribution >= 4 is 61.0 Å². The van der Waals surface area contributed by atoms with Gasteiger partial charge >= 0.3 is 0 Å². The molecule has 0 aliphatic carbocycles. The Bertz CT molecular complexity index is 1200. The van der Waals surface area contributed by atoms with E-state index in [1.54, 1.807) is 12.1 Å². The predicted molar refractivity (Wildman–Crippen MR) is 134 cm³/mol. The third-order valence-electron chi connectivity index (χ3n) is 6.19. The molecule has 4 nitrogen and oxygen atoms in total. The topological polar surface area (TPSA) is 66.4 Å². The molecule has 0 saturated carbocycles. The SMILES string of the molecule is O=C(c1ccc(Br)cc1)[C@@H]1S[C@@]2(C(=O)Nc3cccc(Br)c32)[C@@H](c2ccccc2)C[C@@H]1O. The smallest absolute Gasteiger partial charge is 0.245 e. The lowest BCUT2D eigenvalue weighted by molar-refractivity contribution is -0.119. The number of anilines is 1. The van der Waals surface area contributed by atoms with Gasteiger partial charge in [0.15, 0.2) is 5.78 Å². The highest BCUT2D eigenvalue weighted by Crippen LogP contribution is 2.62. The highest BCUT2D eigenvalue weighted by molar-refractivity contribution is 9.10. The van der Waals surface area contributed by atoms with Gasteiger partial charge in [-0.25, -0.2) is 0 Å². The van der Waals surface area contributed by atoms with Crippen molar-refractivity contribution < 1.29 is 14.7 Å². The third kappa shape index (κ3) is 3.46. The molecule has 1 spiro atoms. The molecule has 2 aliphatic heterocycles. The number of hydrogen-bond acceptors (Lipinski definition) is 4. The van der Waals surface area contributed by atoms with E-state index in [1.165, 1.54) is 11.8 Å². The van der Waals surface area contributed by atoms with Crippen molar-refractivity contribution in [3.63, 3.8) is 0 Å². The zero-order valence-corrected chi connectivity index (χ0v) is 20.8. The highest BCUT2D eigenvalue weighted by atomic mass is 79.9. The molecule has 0 unspecified atom stereocenters. The van der Waals surface area contributed by atoms with E-state index >= 15 is 0 Å². The standard InChI is InChI=1S/C25H19Br2NO3S/c26-16-11-9-15(10-12-16)22(30)23-20(29)13-17(14-5-2-1-3-6-14)25(32-23)21-18(27)7-4-8-19(21)28-24(25)31/h1-12,17,20,23,29H,13H2,(H,28,31)/t17-,20+,23-,25+/m1/s1. The second kappa shape index (κ2) is 8.45. The summed E-state index contributed by atoms with van der Waals surface area (Å²) in [6.45, 7) is 0.